The first-order valence-electron chi connectivity index (χ1n) is 6.69. The van der Waals surface area contributed by atoms with Gasteiger partial charge in [0.05, 0.1) is 23.6 Å². The third kappa shape index (κ3) is 2.74. The minimum Gasteiger partial charge on any atom is -0.397 e. The third-order valence-corrected chi connectivity index (χ3v) is 4.26. The molecule has 3 N–H and O–H groups in total. The molecule has 0 aromatic carbocycles. The maximum atomic E-state index is 12.2. The topological polar surface area (TPSA) is 77.2 Å². The molecular formula is C14H20ClN3O2. The minimum atomic E-state index is -0.247. The molecular weight excluding hydrogens is 278 g/mol. The maximum absolute atomic E-state index is 12.2. The Hall–Kier alpha value is -1.33. The van der Waals surface area contributed by atoms with Gasteiger partial charge in [0.2, 0.25) is 0 Å². The van der Waals surface area contributed by atoms with Crippen LogP contribution in [0, 0.1) is 5.41 Å². The summed E-state index contributed by atoms with van der Waals surface area (Å²) in [5.74, 6) is -0.247. The van der Waals surface area contributed by atoms with Crippen molar-refractivity contribution in [3.05, 3.63) is 23.0 Å². The number of anilines is 1. The van der Waals surface area contributed by atoms with Gasteiger partial charge in [0.15, 0.2) is 0 Å². The van der Waals surface area contributed by atoms with Crippen molar-refractivity contribution in [3.63, 3.8) is 0 Å². The van der Waals surface area contributed by atoms with Gasteiger partial charge in [-0.25, -0.2) is 4.98 Å². The molecule has 2 atom stereocenters. The van der Waals surface area contributed by atoms with Crippen LogP contribution in [0.4, 0.5) is 5.69 Å². The van der Waals surface area contributed by atoms with Gasteiger partial charge in [0, 0.05) is 18.1 Å². The van der Waals surface area contributed by atoms with Crippen molar-refractivity contribution in [2.75, 3.05) is 12.3 Å². The average molecular weight is 298 g/mol. The molecule has 0 bridgehead atoms. The minimum absolute atomic E-state index is 0.0593. The second-order valence-corrected chi connectivity index (χ2v) is 5.99. The van der Waals surface area contributed by atoms with E-state index in [0.717, 1.165) is 6.42 Å². The van der Waals surface area contributed by atoms with E-state index in [1.807, 2.05) is 6.92 Å². The number of nitrogens with one attached hydrogen (secondary N) is 1. The van der Waals surface area contributed by atoms with Crippen LogP contribution < -0.4 is 11.1 Å². The van der Waals surface area contributed by atoms with Gasteiger partial charge >= 0.3 is 0 Å². The smallest absolute Gasteiger partial charge is 0.254 e. The number of nitrogens with zero attached hydrogens (tertiary/aromatic N) is 1. The first-order chi connectivity index (χ1) is 9.36. The predicted octanol–water partition coefficient (Wildman–Crippen LogP) is 2.25. The van der Waals surface area contributed by atoms with Crippen LogP contribution in [0.5, 0.6) is 0 Å². The van der Waals surface area contributed by atoms with E-state index >= 15 is 0 Å². The molecule has 1 aliphatic carbocycles. The number of hydrogen-bond acceptors (Lipinski definition) is 4. The molecule has 110 valence electrons. The van der Waals surface area contributed by atoms with Crippen LogP contribution in [0.2, 0.25) is 5.15 Å². The fourth-order valence-electron chi connectivity index (χ4n) is 2.47. The molecule has 2 unspecified atom stereocenters. The lowest BCUT2D eigenvalue weighted by Gasteiger charge is -2.51. The molecule has 0 radical (unpaired) electrons. The van der Waals surface area contributed by atoms with Crippen LogP contribution in [-0.4, -0.2) is 29.6 Å². The molecule has 2 rings (SSSR count). The SMILES string of the molecule is CCOC1CC(NC(=O)c2cc(N)cnc2Cl)C1(C)C. The van der Waals surface area contributed by atoms with Crippen molar-refractivity contribution in [1.29, 1.82) is 0 Å². The Kier molecular flexibility index (Phi) is 4.20. The number of carbonyl (C=O) groups excluding carboxylic acids is 1. The van der Waals surface area contributed by atoms with Gasteiger partial charge in [0.25, 0.3) is 5.91 Å². The summed E-state index contributed by atoms with van der Waals surface area (Å²) in [7, 11) is 0. The third-order valence-electron chi connectivity index (χ3n) is 3.96. The van der Waals surface area contributed by atoms with E-state index in [4.69, 9.17) is 22.1 Å². The number of hydrogen-bond donors (Lipinski definition) is 2. The van der Waals surface area contributed by atoms with E-state index in [1.165, 1.54) is 12.3 Å². The molecule has 20 heavy (non-hydrogen) atoms. The molecule has 1 aromatic rings. The molecule has 0 saturated heterocycles. The van der Waals surface area contributed by atoms with E-state index in [1.54, 1.807) is 0 Å². The second-order valence-electron chi connectivity index (χ2n) is 5.63. The van der Waals surface area contributed by atoms with Crippen LogP contribution in [-0.2, 0) is 4.74 Å². The number of nitrogen functional groups attached to an aromatic ring is 1. The van der Waals surface area contributed by atoms with Gasteiger partial charge < -0.3 is 15.8 Å². The summed E-state index contributed by atoms with van der Waals surface area (Å²) in [5, 5.41) is 3.14. The Balaban J connectivity index is 2.05. The van der Waals surface area contributed by atoms with Crippen LogP contribution in [0.15, 0.2) is 12.3 Å². The second kappa shape index (κ2) is 5.58. The number of nitrogens with two attached hydrogens (primary N) is 1. The molecule has 5 nitrogen and oxygen atoms in total. The van der Waals surface area contributed by atoms with Gasteiger partial charge in [-0.3, -0.25) is 4.79 Å². The Morgan fingerprint density at radius 1 is 1.65 bits per heavy atom. The van der Waals surface area contributed by atoms with Gasteiger partial charge in [-0.05, 0) is 19.4 Å². The van der Waals surface area contributed by atoms with Crippen LogP contribution in [0.1, 0.15) is 37.6 Å². The maximum Gasteiger partial charge on any atom is 0.254 e. The zero-order chi connectivity index (χ0) is 14.9. The molecule has 0 spiro atoms. The first kappa shape index (κ1) is 15.1. The lowest BCUT2D eigenvalue weighted by molar-refractivity contribution is -0.111. The summed E-state index contributed by atoms with van der Waals surface area (Å²) in [6.45, 7) is 6.82. The summed E-state index contributed by atoms with van der Waals surface area (Å²) in [4.78, 5) is 16.1. The highest BCUT2D eigenvalue weighted by atomic mass is 35.5. The number of ether oxygens (including phenoxy) is 1. The molecule has 1 amide bonds. The molecule has 0 aliphatic heterocycles. The van der Waals surface area contributed by atoms with Crippen molar-refractivity contribution in [2.45, 2.75) is 39.3 Å². The predicted molar refractivity (Wildman–Crippen MR) is 78.7 cm³/mol. The normalized spacial score (nSPS) is 24.0. The number of pyridine rings is 1. The van der Waals surface area contributed by atoms with Crippen molar-refractivity contribution in [2.24, 2.45) is 5.41 Å². The highest BCUT2D eigenvalue weighted by molar-refractivity contribution is 6.32. The monoisotopic (exact) mass is 297 g/mol. The van der Waals surface area contributed by atoms with Gasteiger partial charge in [-0.1, -0.05) is 25.4 Å². The Morgan fingerprint density at radius 3 is 2.95 bits per heavy atom. The average Bonchev–Trinajstić information content (AvgIpc) is 2.40. The number of halogens is 1. The highest BCUT2D eigenvalue weighted by Crippen LogP contribution is 2.42. The fraction of sp³-hybridized carbons (Fsp3) is 0.571. The van der Waals surface area contributed by atoms with E-state index in [0.29, 0.717) is 17.9 Å². The molecule has 6 heteroatoms. The van der Waals surface area contributed by atoms with Crippen LogP contribution >= 0.6 is 11.6 Å². The Morgan fingerprint density at radius 2 is 2.35 bits per heavy atom. The van der Waals surface area contributed by atoms with Crippen LogP contribution in [0.3, 0.4) is 0 Å². The number of carbonyl (C=O) groups is 1. The summed E-state index contributed by atoms with van der Waals surface area (Å²) < 4.78 is 5.64. The summed E-state index contributed by atoms with van der Waals surface area (Å²) in [5.41, 5.74) is 6.27. The van der Waals surface area contributed by atoms with Gasteiger partial charge in [-0.2, -0.15) is 0 Å². The van der Waals surface area contributed by atoms with Crippen molar-refractivity contribution in [3.8, 4) is 0 Å². The molecule has 1 aromatic heterocycles. The quantitative estimate of drug-likeness (QED) is 0.836. The molecule has 1 fully saturated rings. The van der Waals surface area contributed by atoms with E-state index < -0.39 is 0 Å². The van der Waals surface area contributed by atoms with E-state index in [-0.39, 0.29) is 28.6 Å². The summed E-state index contributed by atoms with van der Waals surface area (Å²) >= 11 is 5.93. The number of aromatic nitrogens is 1. The fourth-order valence-corrected chi connectivity index (χ4v) is 2.66. The van der Waals surface area contributed by atoms with Gasteiger partial charge in [-0.15, -0.1) is 0 Å². The largest absolute Gasteiger partial charge is 0.397 e. The first-order valence-corrected chi connectivity index (χ1v) is 7.07. The van der Waals surface area contributed by atoms with E-state index in [2.05, 4.69) is 24.1 Å². The zero-order valence-corrected chi connectivity index (χ0v) is 12.7. The van der Waals surface area contributed by atoms with Crippen LogP contribution in [0.25, 0.3) is 0 Å². The zero-order valence-electron chi connectivity index (χ0n) is 11.9. The lowest BCUT2D eigenvalue weighted by atomic mass is 9.64. The number of amides is 1. The Bertz CT molecular complexity index is 519. The van der Waals surface area contributed by atoms with Gasteiger partial charge in [0.1, 0.15) is 5.15 Å². The van der Waals surface area contributed by atoms with Crippen molar-refractivity contribution in [1.82, 2.24) is 10.3 Å². The molecule has 1 aliphatic rings. The van der Waals surface area contributed by atoms with Crippen molar-refractivity contribution >= 4 is 23.2 Å². The Labute approximate surface area is 123 Å². The number of rotatable bonds is 4. The summed E-state index contributed by atoms with van der Waals surface area (Å²) in [6.07, 6.45) is 2.41. The van der Waals surface area contributed by atoms with E-state index in [9.17, 15) is 4.79 Å². The molecule has 1 saturated carbocycles. The summed E-state index contributed by atoms with van der Waals surface area (Å²) in [6, 6.07) is 1.60. The standard InChI is InChI=1S/C14H20ClN3O2/c1-4-20-11-6-10(14(11,2)3)18-13(19)9-5-8(16)7-17-12(9)15/h5,7,10-11H,4,6,16H2,1-3H3,(H,18,19). The lowest BCUT2D eigenvalue weighted by Crippen LogP contribution is -2.62. The molecule has 1 heterocycles. The van der Waals surface area contributed by atoms with Crippen molar-refractivity contribution < 1.29 is 9.53 Å². The highest BCUT2D eigenvalue weighted by Gasteiger charge is 2.49.